The molecule has 1 aliphatic rings. The third kappa shape index (κ3) is 5.18. The highest BCUT2D eigenvalue weighted by molar-refractivity contribution is 6.30. The number of benzene rings is 3. The van der Waals surface area contributed by atoms with Gasteiger partial charge in [0.2, 0.25) is 0 Å². The van der Waals surface area contributed by atoms with Gasteiger partial charge in [-0.25, -0.2) is 4.98 Å². The summed E-state index contributed by atoms with van der Waals surface area (Å²) in [5.74, 6) is 3.08. The maximum atomic E-state index is 6.31. The van der Waals surface area contributed by atoms with Crippen molar-refractivity contribution in [3.63, 3.8) is 0 Å². The highest BCUT2D eigenvalue weighted by atomic mass is 35.5. The van der Waals surface area contributed by atoms with Gasteiger partial charge in [0.15, 0.2) is 11.6 Å². The number of hydrogen-bond donors (Lipinski definition) is 1. The first-order chi connectivity index (χ1) is 17.7. The number of nitrogens with zero attached hydrogens (tertiary/aromatic N) is 2. The molecular weight excluding hydrogens is 470 g/mol. The first-order valence-electron chi connectivity index (χ1n) is 12.4. The maximum Gasteiger partial charge on any atom is 0.174 e. The standard InChI is InChI=1S/C30H28ClN3O2/c31-24-9-12-28(35-20-21-6-2-1-3-7-21)23(17-24)18-25-10-13-29(36-25)30-32-26-11-8-22(16-27(26)33-30)19-34-14-4-5-15-34/h1-3,6-13,16-17H,4-5,14-15,18-20H2,(H,32,33). The van der Waals surface area contributed by atoms with Crippen LogP contribution in [0, 0.1) is 0 Å². The number of ether oxygens (including phenoxy) is 1. The predicted octanol–water partition coefficient (Wildman–Crippen LogP) is 7.24. The molecule has 0 unspecified atom stereocenters. The van der Waals surface area contributed by atoms with Crippen LogP contribution in [0.1, 0.15) is 35.3 Å². The van der Waals surface area contributed by atoms with Crippen LogP contribution in [0.15, 0.2) is 83.3 Å². The molecule has 0 spiro atoms. The first-order valence-corrected chi connectivity index (χ1v) is 12.8. The average Bonchev–Trinajstić information content (AvgIpc) is 3.65. The van der Waals surface area contributed by atoms with Crippen molar-refractivity contribution >= 4 is 22.6 Å². The molecule has 1 saturated heterocycles. The van der Waals surface area contributed by atoms with Gasteiger partial charge in [0.1, 0.15) is 18.1 Å². The lowest BCUT2D eigenvalue weighted by molar-refractivity contribution is 0.303. The molecule has 3 heterocycles. The summed E-state index contributed by atoms with van der Waals surface area (Å²) in [6, 6.07) is 26.3. The maximum absolute atomic E-state index is 6.31. The smallest absolute Gasteiger partial charge is 0.174 e. The van der Waals surface area contributed by atoms with Crippen molar-refractivity contribution in [3.8, 4) is 17.3 Å². The average molecular weight is 498 g/mol. The summed E-state index contributed by atoms with van der Waals surface area (Å²) < 4.78 is 12.3. The fraction of sp³-hybridized carbons (Fsp3) is 0.233. The fourth-order valence-corrected chi connectivity index (χ4v) is 5.02. The Kier molecular flexibility index (Phi) is 6.50. The van der Waals surface area contributed by atoms with E-state index in [1.54, 1.807) is 0 Å². The molecule has 6 heteroatoms. The Morgan fingerprint density at radius 3 is 2.64 bits per heavy atom. The van der Waals surface area contributed by atoms with Gasteiger partial charge in [0.05, 0.1) is 11.0 Å². The monoisotopic (exact) mass is 497 g/mol. The number of H-pyrrole nitrogens is 1. The number of aromatic amines is 1. The van der Waals surface area contributed by atoms with Gasteiger partial charge >= 0.3 is 0 Å². The van der Waals surface area contributed by atoms with Crippen molar-refractivity contribution in [1.82, 2.24) is 14.9 Å². The number of rotatable bonds is 8. The van der Waals surface area contributed by atoms with Gasteiger partial charge < -0.3 is 14.1 Å². The summed E-state index contributed by atoms with van der Waals surface area (Å²) in [4.78, 5) is 10.7. The van der Waals surface area contributed by atoms with Crippen molar-refractivity contribution in [1.29, 1.82) is 0 Å². The SMILES string of the molecule is Clc1ccc(OCc2ccccc2)c(Cc2ccc(-c3nc4ccc(CN5CCCC5)cc4[nH]3)o2)c1. The molecule has 0 radical (unpaired) electrons. The zero-order valence-electron chi connectivity index (χ0n) is 20.0. The second kappa shape index (κ2) is 10.2. The van der Waals surface area contributed by atoms with E-state index in [1.165, 1.54) is 31.5 Å². The molecular formula is C30H28ClN3O2. The van der Waals surface area contributed by atoms with Crippen molar-refractivity contribution in [2.45, 2.75) is 32.4 Å². The number of furan rings is 1. The Morgan fingerprint density at radius 1 is 0.917 bits per heavy atom. The molecule has 6 rings (SSSR count). The molecule has 182 valence electrons. The Labute approximate surface area is 215 Å². The minimum absolute atomic E-state index is 0.498. The number of aromatic nitrogens is 2. The van der Waals surface area contributed by atoms with E-state index in [4.69, 9.17) is 25.7 Å². The summed E-state index contributed by atoms with van der Waals surface area (Å²) in [5.41, 5.74) is 5.39. The van der Waals surface area contributed by atoms with Crippen LogP contribution in [0.2, 0.25) is 5.02 Å². The Balaban J connectivity index is 1.19. The fourth-order valence-electron chi connectivity index (χ4n) is 4.82. The summed E-state index contributed by atoms with van der Waals surface area (Å²) >= 11 is 6.31. The van der Waals surface area contributed by atoms with E-state index in [9.17, 15) is 0 Å². The summed E-state index contributed by atoms with van der Waals surface area (Å²) in [7, 11) is 0. The number of hydrogen-bond acceptors (Lipinski definition) is 4. The summed E-state index contributed by atoms with van der Waals surface area (Å²) in [5, 5.41) is 0.672. The van der Waals surface area contributed by atoms with Crippen LogP contribution in [0.3, 0.4) is 0 Å². The number of halogens is 1. The molecule has 0 saturated carbocycles. The molecule has 36 heavy (non-hydrogen) atoms. The normalized spacial score (nSPS) is 14.0. The highest BCUT2D eigenvalue weighted by Gasteiger charge is 2.15. The van der Waals surface area contributed by atoms with E-state index in [-0.39, 0.29) is 0 Å². The van der Waals surface area contributed by atoms with Crippen LogP contribution in [0.25, 0.3) is 22.6 Å². The first kappa shape index (κ1) is 22.9. The molecule has 0 amide bonds. The third-order valence-electron chi connectivity index (χ3n) is 6.67. The van der Waals surface area contributed by atoms with Crippen molar-refractivity contribution < 1.29 is 9.15 Å². The van der Waals surface area contributed by atoms with Crippen LogP contribution < -0.4 is 4.74 Å². The quantitative estimate of drug-likeness (QED) is 0.245. The molecule has 5 nitrogen and oxygen atoms in total. The molecule has 1 aliphatic heterocycles. The van der Waals surface area contributed by atoms with E-state index in [1.807, 2.05) is 48.5 Å². The number of fused-ring (bicyclic) bond motifs is 1. The van der Waals surface area contributed by atoms with Gasteiger partial charge in [0, 0.05) is 23.6 Å². The molecule has 3 aromatic carbocycles. The van der Waals surface area contributed by atoms with Crippen LogP contribution in [0.4, 0.5) is 0 Å². The number of likely N-dealkylation sites (tertiary alicyclic amines) is 1. The van der Waals surface area contributed by atoms with Crippen LogP contribution in [0.5, 0.6) is 5.75 Å². The van der Waals surface area contributed by atoms with E-state index >= 15 is 0 Å². The largest absolute Gasteiger partial charge is 0.489 e. The second-order valence-electron chi connectivity index (χ2n) is 9.39. The number of imidazole rings is 1. The topological polar surface area (TPSA) is 54.3 Å². The van der Waals surface area contributed by atoms with E-state index < -0.39 is 0 Å². The zero-order valence-corrected chi connectivity index (χ0v) is 20.8. The lowest BCUT2D eigenvalue weighted by atomic mass is 10.1. The van der Waals surface area contributed by atoms with Gasteiger partial charge in [-0.05, 0) is 79.5 Å². The van der Waals surface area contributed by atoms with Gasteiger partial charge in [0.25, 0.3) is 0 Å². The van der Waals surface area contributed by atoms with E-state index in [2.05, 4.69) is 40.2 Å². The Morgan fingerprint density at radius 2 is 1.78 bits per heavy atom. The molecule has 1 N–H and O–H groups in total. The second-order valence-corrected chi connectivity index (χ2v) is 9.83. The Bertz CT molecular complexity index is 1470. The van der Waals surface area contributed by atoms with E-state index in [0.717, 1.165) is 51.8 Å². The molecule has 1 fully saturated rings. The van der Waals surface area contributed by atoms with Crippen LogP contribution in [-0.4, -0.2) is 28.0 Å². The van der Waals surface area contributed by atoms with Crippen LogP contribution in [-0.2, 0) is 19.6 Å². The van der Waals surface area contributed by atoms with Gasteiger partial charge in [-0.2, -0.15) is 0 Å². The summed E-state index contributed by atoms with van der Waals surface area (Å²) in [6.45, 7) is 3.86. The minimum Gasteiger partial charge on any atom is -0.489 e. The lowest BCUT2D eigenvalue weighted by Crippen LogP contribution is -2.18. The zero-order chi connectivity index (χ0) is 24.3. The van der Waals surface area contributed by atoms with Crippen molar-refractivity contribution in [2.75, 3.05) is 13.1 Å². The highest BCUT2D eigenvalue weighted by Crippen LogP contribution is 2.29. The van der Waals surface area contributed by atoms with Crippen LogP contribution >= 0.6 is 11.6 Å². The summed E-state index contributed by atoms with van der Waals surface area (Å²) in [6.07, 6.45) is 3.17. The van der Waals surface area contributed by atoms with Gasteiger partial charge in [-0.1, -0.05) is 48.0 Å². The molecule has 0 bridgehead atoms. The van der Waals surface area contributed by atoms with Gasteiger partial charge in [-0.3, -0.25) is 4.90 Å². The predicted molar refractivity (Wildman–Crippen MR) is 143 cm³/mol. The number of nitrogens with one attached hydrogen (secondary N) is 1. The molecule has 0 atom stereocenters. The molecule has 5 aromatic rings. The van der Waals surface area contributed by atoms with E-state index in [0.29, 0.717) is 18.1 Å². The minimum atomic E-state index is 0.498. The van der Waals surface area contributed by atoms with Gasteiger partial charge in [-0.15, -0.1) is 0 Å². The third-order valence-corrected chi connectivity index (χ3v) is 6.91. The van der Waals surface area contributed by atoms with Crippen molar-refractivity contribution in [3.05, 3.63) is 106 Å². The molecule has 2 aromatic heterocycles. The lowest BCUT2D eigenvalue weighted by Gasteiger charge is -2.14. The van der Waals surface area contributed by atoms with Crippen molar-refractivity contribution in [2.24, 2.45) is 0 Å². The Hall–Kier alpha value is -3.54. The molecule has 0 aliphatic carbocycles.